The molecule has 0 bridgehead atoms. The molecule has 0 N–H and O–H groups in total. The Kier molecular flexibility index (Phi) is 4.52. The van der Waals surface area contributed by atoms with Crippen LogP contribution in [0.1, 0.15) is 17.2 Å². The van der Waals surface area contributed by atoms with Crippen LogP contribution in [0.2, 0.25) is 5.02 Å². The normalized spacial score (nSPS) is 16.3. The third-order valence-electron chi connectivity index (χ3n) is 2.02. The number of hydrogen-bond donors (Lipinski definition) is 0. The first kappa shape index (κ1) is 13.8. The summed E-state index contributed by atoms with van der Waals surface area (Å²) in [4.78, 5) is 0.756. The van der Waals surface area contributed by atoms with Crippen molar-refractivity contribution in [1.82, 2.24) is 0 Å². The van der Waals surface area contributed by atoms with Gasteiger partial charge in [0.1, 0.15) is 0 Å². The standard InChI is InChI=1S/C8H9BrCl2O2S2/c1-4(15(2,12)13)7(11)6-3-5(10)8(9)14-6/h3-4,7H,1-2H3. The van der Waals surface area contributed by atoms with Crippen LogP contribution in [0, 0.1) is 0 Å². The molecule has 1 aromatic rings. The van der Waals surface area contributed by atoms with Crippen LogP contribution in [0.4, 0.5) is 0 Å². The van der Waals surface area contributed by atoms with Crippen LogP contribution < -0.4 is 0 Å². The number of sulfone groups is 1. The van der Waals surface area contributed by atoms with Crippen LogP contribution in [0.5, 0.6) is 0 Å². The monoisotopic (exact) mass is 350 g/mol. The lowest BCUT2D eigenvalue weighted by molar-refractivity contribution is 0.587. The zero-order valence-corrected chi connectivity index (χ0v) is 12.7. The maximum Gasteiger partial charge on any atom is 0.151 e. The highest BCUT2D eigenvalue weighted by atomic mass is 79.9. The van der Waals surface area contributed by atoms with Crippen LogP contribution in [-0.4, -0.2) is 19.9 Å². The molecular formula is C8H9BrCl2O2S2. The average molecular weight is 352 g/mol. The van der Waals surface area contributed by atoms with Crippen molar-refractivity contribution in [3.8, 4) is 0 Å². The van der Waals surface area contributed by atoms with E-state index < -0.39 is 20.5 Å². The molecule has 1 aromatic heterocycles. The Bertz CT molecular complexity index is 436. The molecule has 0 aromatic carbocycles. The fraction of sp³-hybridized carbons (Fsp3) is 0.500. The molecule has 0 fully saturated rings. The summed E-state index contributed by atoms with van der Waals surface area (Å²) in [6.45, 7) is 1.59. The number of thiophene rings is 1. The predicted molar refractivity (Wildman–Crippen MR) is 69.9 cm³/mol. The van der Waals surface area contributed by atoms with Crippen LogP contribution in [0.15, 0.2) is 9.85 Å². The van der Waals surface area contributed by atoms with E-state index in [-0.39, 0.29) is 0 Å². The molecule has 2 unspecified atom stereocenters. The van der Waals surface area contributed by atoms with Crippen molar-refractivity contribution >= 4 is 60.3 Å². The maximum atomic E-state index is 11.3. The second-order valence-corrected chi connectivity index (χ2v) is 8.89. The van der Waals surface area contributed by atoms with Gasteiger partial charge in [-0.05, 0) is 28.9 Å². The predicted octanol–water partition coefficient (Wildman–Crippen LogP) is 3.88. The summed E-state index contributed by atoms with van der Waals surface area (Å²) in [5, 5.41) is -0.629. The topological polar surface area (TPSA) is 34.1 Å². The van der Waals surface area contributed by atoms with Crippen molar-refractivity contribution in [3.05, 3.63) is 19.8 Å². The molecular weight excluding hydrogens is 343 g/mol. The molecule has 86 valence electrons. The molecule has 0 aliphatic rings. The zero-order chi connectivity index (χ0) is 11.8. The van der Waals surface area contributed by atoms with E-state index in [0.717, 1.165) is 8.66 Å². The summed E-state index contributed by atoms with van der Waals surface area (Å²) in [5.41, 5.74) is 0. The number of rotatable bonds is 3. The van der Waals surface area contributed by atoms with Crippen LogP contribution >= 0.6 is 50.5 Å². The van der Waals surface area contributed by atoms with Gasteiger partial charge in [-0.3, -0.25) is 0 Å². The summed E-state index contributed by atoms with van der Waals surface area (Å²) < 4.78 is 23.4. The minimum absolute atomic E-state index is 0.557. The second kappa shape index (κ2) is 4.92. The van der Waals surface area contributed by atoms with Crippen molar-refractivity contribution in [2.75, 3.05) is 6.26 Å². The first-order chi connectivity index (χ1) is 6.73. The molecule has 2 nitrogen and oxygen atoms in total. The second-order valence-electron chi connectivity index (χ2n) is 3.21. The quantitative estimate of drug-likeness (QED) is 0.774. The van der Waals surface area contributed by atoms with Gasteiger partial charge in [0.15, 0.2) is 9.84 Å². The first-order valence-corrected chi connectivity index (χ1v) is 8.39. The van der Waals surface area contributed by atoms with Gasteiger partial charge in [0.2, 0.25) is 0 Å². The average Bonchev–Trinajstić information content (AvgIpc) is 2.43. The Balaban J connectivity index is 3.00. The lowest BCUT2D eigenvalue weighted by atomic mass is 10.3. The molecule has 7 heteroatoms. The molecule has 0 spiro atoms. The van der Waals surface area contributed by atoms with E-state index in [1.165, 1.54) is 17.6 Å². The van der Waals surface area contributed by atoms with Crippen molar-refractivity contribution in [2.24, 2.45) is 0 Å². The van der Waals surface area contributed by atoms with E-state index >= 15 is 0 Å². The molecule has 1 rings (SSSR count). The van der Waals surface area contributed by atoms with Crippen LogP contribution in [0.3, 0.4) is 0 Å². The van der Waals surface area contributed by atoms with E-state index in [2.05, 4.69) is 15.9 Å². The van der Waals surface area contributed by atoms with Gasteiger partial charge < -0.3 is 0 Å². The Labute approximate surface area is 112 Å². The fourth-order valence-corrected chi connectivity index (χ4v) is 4.20. The first-order valence-electron chi connectivity index (χ1n) is 4.01. The number of hydrogen-bond acceptors (Lipinski definition) is 3. The molecule has 2 atom stereocenters. The number of halogens is 3. The summed E-state index contributed by atoms with van der Waals surface area (Å²) in [7, 11) is -3.14. The zero-order valence-electron chi connectivity index (χ0n) is 8.00. The SMILES string of the molecule is CC(C(Cl)c1cc(Cl)c(Br)s1)S(C)(=O)=O. The minimum Gasteiger partial charge on any atom is -0.229 e. The summed E-state index contributed by atoms with van der Waals surface area (Å²) in [6, 6.07) is 1.69. The third kappa shape index (κ3) is 3.33. The maximum absolute atomic E-state index is 11.3. The van der Waals surface area contributed by atoms with E-state index in [1.54, 1.807) is 13.0 Å². The number of alkyl halides is 1. The molecule has 15 heavy (non-hydrogen) atoms. The third-order valence-corrected chi connectivity index (χ3v) is 7.10. The summed E-state index contributed by atoms with van der Waals surface area (Å²) >= 11 is 16.5. The van der Waals surface area contributed by atoms with E-state index in [0.29, 0.717) is 5.02 Å². The van der Waals surface area contributed by atoms with Crippen molar-refractivity contribution < 1.29 is 8.42 Å². The highest BCUT2D eigenvalue weighted by Gasteiger charge is 2.27. The highest BCUT2D eigenvalue weighted by molar-refractivity contribution is 9.11. The van der Waals surface area contributed by atoms with Gasteiger partial charge in [-0.1, -0.05) is 11.6 Å². The van der Waals surface area contributed by atoms with E-state index in [4.69, 9.17) is 23.2 Å². The van der Waals surface area contributed by atoms with Gasteiger partial charge in [0.25, 0.3) is 0 Å². The van der Waals surface area contributed by atoms with Crippen LogP contribution in [-0.2, 0) is 9.84 Å². The van der Waals surface area contributed by atoms with E-state index in [1.807, 2.05) is 0 Å². The molecule has 0 saturated carbocycles. The van der Waals surface area contributed by atoms with Gasteiger partial charge in [0.05, 0.1) is 19.4 Å². The Morgan fingerprint density at radius 3 is 2.40 bits per heavy atom. The molecule has 0 radical (unpaired) electrons. The van der Waals surface area contributed by atoms with Crippen molar-refractivity contribution in [3.63, 3.8) is 0 Å². The molecule has 0 saturated heterocycles. The fourth-order valence-electron chi connectivity index (χ4n) is 0.948. The van der Waals surface area contributed by atoms with Crippen molar-refractivity contribution in [1.29, 1.82) is 0 Å². The molecule has 0 aliphatic carbocycles. The van der Waals surface area contributed by atoms with Crippen molar-refractivity contribution in [2.45, 2.75) is 17.6 Å². The summed E-state index contributed by atoms with van der Waals surface area (Å²) in [6.07, 6.45) is 1.18. The van der Waals surface area contributed by atoms with Crippen LogP contribution in [0.25, 0.3) is 0 Å². The van der Waals surface area contributed by atoms with Gasteiger partial charge >= 0.3 is 0 Å². The van der Waals surface area contributed by atoms with Gasteiger partial charge in [-0.15, -0.1) is 22.9 Å². The lowest BCUT2D eigenvalue weighted by Crippen LogP contribution is -2.20. The Morgan fingerprint density at radius 2 is 2.07 bits per heavy atom. The smallest absolute Gasteiger partial charge is 0.151 e. The van der Waals surface area contributed by atoms with Gasteiger partial charge in [-0.2, -0.15) is 0 Å². The lowest BCUT2D eigenvalue weighted by Gasteiger charge is -2.14. The summed E-state index contributed by atoms with van der Waals surface area (Å²) in [5.74, 6) is 0. The van der Waals surface area contributed by atoms with Gasteiger partial charge in [-0.25, -0.2) is 8.42 Å². The molecule has 1 heterocycles. The van der Waals surface area contributed by atoms with Gasteiger partial charge in [0, 0.05) is 11.1 Å². The Morgan fingerprint density at radius 1 is 1.53 bits per heavy atom. The largest absolute Gasteiger partial charge is 0.229 e. The minimum atomic E-state index is -3.14. The Hall–Kier alpha value is 0.710. The van der Waals surface area contributed by atoms with E-state index in [9.17, 15) is 8.42 Å². The molecule has 0 aliphatic heterocycles. The molecule has 0 amide bonds. The highest BCUT2D eigenvalue weighted by Crippen LogP contribution is 2.39.